The second-order valence-electron chi connectivity index (χ2n) is 5.46. The van der Waals surface area contributed by atoms with Gasteiger partial charge in [-0.15, -0.1) is 93.3 Å². The van der Waals surface area contributed by atoms with Crippen LogP contribution in [0.15, 0.2) is 72.8 Å². The standard InChI is InChI=1S/2C11H9.Y/c2*1-9-6-7-10-4-2-3-5-11(10)8-9;/h2*2-7H,1H3;/q2*-1;+3. The second-order valence-corrected chi connectivity index (χ2v) is 5.46. The van der Waals surface area contributed by atoms with E-state index >= 15 is 0 Å². The Morgan fingerprint density at radius 3 is 1.35 bits per heavy atom. The van der Waals surface area contributed by atoms with Gasteiger partial charge >= 0.3 is 32.7 Å². The van der Waals surface area contributed by atoms with Gasteiger partial charge < -0.3 is 0 Å². The van der Waals surface area contributed by atoms with E-state index in [0.717, 1.165) is 0 Å². The van der Waals surface area contributed by atoms with E-state index in [2.05, 4.69) is 74.5 Å². The van der Waals surface area contributed by atoms with Gasteiger partial charge in [0.25, 0.3) is 0 Å². The molecule has 1 heteroatoms. The molecule has 0 radical (unpaired) electrons. The Bertz CT molecular complexity index is 832. The van der Waals surface area contributed by atoms with Gasteiger partial charge in [0.05, 0.1) is 0 Å². The summed E-state index contributed by atoms with van der Waals surface area (Å²) in [4.78, 5) is 0. The molecule has 0 aliphatic carbocycles. The molecule has 0 saturated carbocycles. The van der Waals surface area contributed by atoms with Gasteiger partial charge in [-0.05, 0) is 0 Å². The number of hydrogen-bond donors (Lipinski definition) is 0. The molecule has 4 aromatic rings. The van der Waals surface area contributed by atoms with Crippen LogP contribution < -0.4 is 0 Å². The minimum Gasteiger partial charge on any atom is -0.143 e. The number of fused-ring (bicyclic) bond motifs is 2. The van der Waals surface area contributed by atoms with Crippen molar-refractivity contribution >= 4 is 21.5 Å². The molecule has 4 rings (SSSR count). The fourth-order valence-electron chi connectivity index (χ4n) is 2.45. The predicted octanol–water partition coefficient (Wildman–Crippen LogP) is 5.89. The molecular formula is C22H18Y+. The maximum atomic E-state index is 3.29. The third-order valence-corrected chi connectivity index (χ3v) is 3.61. The quantitative estimate of drug-likeness (QED) is 0.338. The van der Waals surface area contributed by atoms with Crippen molar-refractivity contribution in [1.82, 2.24) is 0 Å². The average molecular weight is 371 g/mol. The van der Waals surface area contributed by atoms with E-state index in [1.807, 2.05) is 24.3 Å². The average Bonchev–Trinajstić information content (AvgIpc) is 2.55. The molecule has 0 nitrogen and oxygen atoms in total. The molecule has 0 saturated heterocycles. The summed E-state index contributed by atoms with van der Waals surface area (Å²) in [5, 5.41) is 4.93. The summed E-state index contributed by atoms with van der Waals surface area (Å²) in [5.41, 5.74) is 2.40. The fraction of sp³-hybridized carbons (Fsp3) is 0.0909. The fourth-order valence-corrected chi connectivity index (χ4v) is 2.45. The van der Waals surface area contributed by atoms with Crippen LogP contribution in [0.5, 0.6) is 0 Å². The largest absolute Gasteiger partial charge is 3.00 e. The van der Waals surface area contributed by atoms with E-state index in [0.29, 0.717) is 0 Å². The van der Waals surface area contributed by atoms with Crippen LogP contribution in [-0.2, 0) is 32.7 Å². The summed E-state index contributed by atoms with van der Waals surface area (Å²) >= 11 is 0. The Morgan fingerprint density at radius 2 is 0.913 bits per heavy atom. The first kappa shape index (κ1) is 17.9. The smallest absolute Gasteiger partial charge is 0.143 e. The summed E-state index contributed by atoms with van der Waals surface area (Å²) in [6, 6.07) is 31.6. The topological polar surface area (TPSA) is 0 Å². The minimum absolute atomic E-state index is 0. The zero-order valence-corrected chi connectivity index (χ0v) is 16.3. The van der Waals surface area contributed by atoms with Crippen LogP contribution in [0, 0.1) is 26.0 Å². The van der Waals surface area contributed by atoms with Crippen molar-refractivity contribution in [1.29, 1.82) is 0 Å². The first-order valence-electron chi connectivity index (χ1n) is 7.48. The van der Waals surface area contributed by atoms with Crippen molar-refractivity contribution < 1.29 is 32.7 Å². The summed E-state index contributed by atoms with van der Waals surface area (Å²) in [7, 11) is 0. The van der Waals surface area contributed by atoms with Gasteiger partial charge in [0.15, 0.2) is 0 Å². The predicted molar refractivity (Wildman–Crippen MR) is 95.0 cm³/mol. The van der Waals surface area contributed by atoms with E-state index < -0.39 is 0 Å². The van der Waals surface area contributed by atoms with E-state index in [1.165, 1.54) is 32.7 Å². The Morgan fingerprint density at radius 1 is 0.522 bits per heavy atom. The maximum Gasteiger partial charge on any atom is 3.00 e. The molecule has 0 heterocycles. The summed E-state index contributed by atoms with van der Waals surface area (Å²) in [6.07, 6.45) is 0. The van der Waals surface area contributed by atoms with Crippen LogP contribution in [0.2, 0.25) is 0 Å². The molecule has 23 heavy (non-hydrogen) atoms. The first-order valence-corrected chi connectivity index (χ1v) is 7.48. The van der Waals surface area contributed by atoms with Gasteiger partial charge in [-0.3, -0.25) is 0 Å². The Labute approximate surface area is 163 Å². The molecule has 0 unspecified atom stereocenters. The van der Waals surface area contributed by atoms with Gasteiger partial charge in [-0.1, -0.05) is 38.1 Å². The monoisotopic (exact) mass is 371 g/mol. The van der Waals surface area contributed by atoms with E-state index in [4.69, 9.17) is 0 Å². The summed E-state index contributed by atoms with van der Waals surface area (Å²) in [5.74, 6) is 0. The van der Waals surface area contributed by atoms with E-state index in [1.54, 1.807) is 0 Å². The number of aryl methyl sites for hydroxylation is 2. The summed E-state index contributed by atoms with van der Waals surface area (Å²) < 4.78 is 0. The Balaban J connectivity index is 0.000000160. The van der Waals surface area contributed by atoms with Crippen molar-refractivity contribution in [3.63, 3.8) is 0 Å². The molecule has 0 atom stereocenters. The van der Waals surface area contributed by atoms with Crippen LogP contribution in [0.1, 0.15) is 11.1 Å². The number of rotatable bonds is 0. The maximum absolute atomic E-state index is 3.29. The number of benzene rings is 4. The van der Waals surface area contributed by atoms with Crippen molar-refractivity contribution in [2.75, 3.05) is 0 Å². The molecule has 4 aromatic carbocycles. The third-order valence-electron chi connectivity index (χ3n) is 3.61. The van der Waals surface area contributed by atoms with Crippen LogP contribution >= 0.6 is 0 Å². The van der Waals surface area contributed by atoms with Crippen molar-refractivity contribution in [2.24, 2.45) is 0 Å². The number of hydrogen-bond acceptors (Lipinski definition) is 0. The Hall–Kier alpha value is -1.50. The SMILES string of the molecule is Cc1[c-]c2ccccc2cc1.Cc1[c-]c2ccccc2cc1.[Y+3]. The molecular weight excluding hydrogens is 353 g/mol. The molecule has 0 aromatic heterocycles. The van der Waals surface area contributed by atoms with Gasteiger partial charge in [-0.25, -0.2) is 0 Å². The van der Waals surface area contributed by atoms with Crippen LogP contribution in [0.4, 0.5) is 0 Å². The molecule has 0 aliphatic rings. The molecule has 108 valence electrons. The van der Waals surface area contributed by atoms with E-state index in [9.17, 15) is 0 Å². The van der Waals surface area contributed by atoms with Crippen LogP contribution in [-0.4, -0.2) is 0 Å². The van der Waals surface area contributed by atoms with Gasteiger partial charge in [0.1, 0.15) is 0 Å². The molecule has 0 spiro atoms. The zero-order chi connectivity index (χ0) is 15.4. The molecule has 0 N–H and O–H groups in total. The first-order chi connectivity index (χ1) is 10.7. The van der Waals surface area contributed by atoms with Crippen molar-refractivity contribution in [3.8, 4) is 0 Å². The van der Waals surface area contributed by atoms with E-state index in [-0.39, 0.29) is 32.7 Å². The van der Waals surface area contributed by atoms with Crippen LogP contribution in [0.3, 0.4) is 0 Å². The van der Waals surface area contributed by atoms with Crippen LogP contribution in [0.25, 0.3) is 21.5 Å². The molecule has 0 aliphatic heterocycles. The third kappa shape index (κ3) is 4.74. The van der Waals surface area contributed by atoms with Gasteiger partial charge in [-0.2, -0.15) is 0 Å². The summed E-state index contributed by atoms with van der Waals surface area (Å²) in [6.45, 7) is 4.12. The second kappa shape index (κ2) is 8.38. The molecule has 0 amide bonds. The Kier molecular flexibility index (Phi) is 6.51. The molecule has 0 bridgehead atoms. The molecule has 0 fully saturated rings. The minimum atomic E-state index is 0. The normalized spacial score (nSPS) is 9.83. The van der Waals surface area contributed by atoms with Gasteiger partial charge in [0.2, 0.25) is 0 Å². The van der Waals surface area contributed by atoms with Gasteiger partial charge in [0, 0.05) is 0 Å². The van der Waals surface area contributed by atoms with Crippen molar-refractivity contribution in [2.45, 2.75) is 13.8 Å². The van der Waals surface area contributed by atoms with Crippen molar-refractivity contribution in [3.05, 3.63) is 96.1 Å². The zero-order valence-electron chi connectivity index (χ0n) is 13.5.